The highest BCUT2D eigenvalue weighted by Crippen LogP contribution is 2.71. The van der Waals surface area contributed by atoms with Crippen LogP contribution in [0.4, 0.5) is 20.2 Å². The molecule has 9 atom stereocenters. The first-order valence-electron chi connectivity index (χ1n) is 15.8. The quantitative estimate of drug-likeness (QED) is 0.239. The zero-order valence-electron chi connectivity index (χ0n) is 26.7. The van der Waals surface area contributed by atoms with E-state index in [9.17, 15) is 29.7 Å². The Hall–Kier alpha value is -3.15. The van der Waals surface area contributed by atoms with Crippen molar-refractivity contribution in [1.29, 1.82) is 0 Å². The minimum Gasteiger partial charge on any atom is -0.481 e. The van der Waals surface area contributed by atoms with E-state index in [1.54, 1.807) is 50.2 Å². The van der Waals surface area contributed by atoms with Crippen LogP contribution in [0.25, 0.3) is 0 Å². The van der Waals surface area contributed by atoms with Gasteiger partial charge in [0.05, 0.1) is 28.3 Å². The monoisotopic (exact) mass is 705 g/mol. The van der Waals surface area contributed by atoms with Crippen molar-refractivity contribution in [2.24, 2.45) is 28.6 Å². The average molecular weight is 707 g/mol. The van der Waals surface area contributed by atoms with Crippen LogP contribution in [0, 0.1) is 28.6 Å². The van der Waals surface area contributed by atoms with E-state index in [-0.39, 0.29) is 31.3 Å². The first-order valence-corrected chi connectivity index (χ1v) is 16.5. The molecule has 0 heterocycles. The van der Waals surface area contributed by atoms with Crippen molar-refractivity contribution in [3.8, 4) is 0 Å². The summed E-state index contributed by atoms with van der Waals surface area (Å²) in [6.07, 6.45) is 0.363. The van der Waals surface area contributed by atoms with E-state index in [0.29, 0.717) is 27.0 Å². The number of hydrogen-bond acceptors (Lipinski definition) is 7. The highest BCUT2D eigenvalue weighted by molar-refractivity contribution is 6.39. The lowest BCUT2D eigenvalue weighted by atomic mass is 9.44. The van der Waals surface area contributed by atoms with Gasteiger partial charge in [-0.3, -0.25) is 14.4 Å². The lowest BCUT2D eigenvalue weighted by molar-refractivity contribution is -0.223. The predicted molar refractivity (Wildman–Crippen MR) is 178 cm³/mol. The summed E-state index contributed by atoms with van der Waals surface area (Å²) in [7, 11) is 0. The van der Waals surface area contributed by atoms with Crippen molar-refractivity contribution in [1.82, 2.24) is 0 Å². The Morgan fingerprint density at radius 1 is 1.04 bits per heavy atom. The van der Waals surface area contributed by atoms with E-state index in [1.165, 1.54) is 19.1 Å². The van der Waals surface area contributed by atoms with Gasteiger partial charge in [-0.05, 0) is 79.5 Å². The molecule has 0 aliphatic heterocycles. The summed E-state index contributed by atoms with van der Waals surface area (Å²) in [6, 6.07) is 12.3. The SMILES string of the molecule is C[C@H]1C[C@H]2[C@@H]3C[C@H](F)C4=CC(=O)C=C[C@]4(C)[C@@]3(F)[C@@H](O)C[C@]2(C)[C@@]1(O)C(=O)CO.O=C(O)Cc1ccccc1Nc1c(Cl)cccc1Cl. The van der Waals surface area contributed by atoms with Crippen LogP contribution in [-0.2, 0) is 20.8 Å². The summed E-state index contributed by atoms with van der Waals surface area (Å²) in [5, 5.41) is 44.8. The second kappa shape index (κ2) is 12.9. The summed E-state index contributed by atoms with van der Waals surface area (Å²) in [4.78, 5) is 35.2. The van der Waals surface area contributed by atoms with Crippen molar-refractivity contribution in [3.05, 3.63) is 81.9 Å². The van der Waals surface area contributed by atoms with Crippen molar-refractivity contribution >= 4 is 52.1 Å². The fourth-order valence-corrected chi connectivity index (χ4v) is 9.46. The number of fused-ring (bicyclic) bond motifs is 5. The number of nitrogens with one attached hydrogen (secondary N) is 1. The third kappa shape index (κ3) is 5.50. The number of halogens is 4. The molecule has 0 aromatic heterocycles. The van der Waals surface area contributed by atoms with Crippen LogP contribution in [0.5, 0.6) is 0 Å². The average Bonchev–Trinajstić information content (AvgIpc) is 3.23. The van der Waals surface area contributed by atoms with Crippen molar-refractivity contribution in [2.45, 2.75) is 70.0 Å². The van der Waals surface area contributed by atoms with Gasteiger partial charge >= 0.3 is 5.97 Å². The molecule has 0 unspecified atom stereocenters. The van der Waals surface area contributed by atoms with E-state index in [2.05, 4.69) is 5.32 Å². The second-order valence-electron chi connectivity index (χ2n) is 13.8. The number of alkyl halides is 2. The maximum atomic E-state index is 16.9. The molecular formula is C36H39Cl2F2NO7. The molecule has 0 saturated heterocycles. The number of benzene rings is 2. The number of ketones is 2. The number of aliphatic carboxylic acids is 1. The Morgan fingerprint density at radius 3 is 2.31 bits per heavy atom. The molecule has 6 rings (SSSR count). The number of aliphatic hydroxyl groups is 3. The number of carbonyl (C=O) groups is 3. The Kier molecular flexibility index (Phi) is 9.75. The molecule has 5 N–H and O–H groups in total. The van der Waals surface area contributed by atoms with Gasteiger partial charge in [-0.15, -0.1) is 0 Å². The van der Waals surface area contributed by atoms with Gasteiger partial charge in [-0.25, -0.2) is 8.78 Å². The lowest BCUT2D eigenvalue weighted by Gasteiger charge is -2.63. The predicted octanol–water partition coefficient (Wildman–Crippen LogP) is 6.21. The molecule has 0 amide bonds. The number of allylic oxidation sites excluding steroid dienone is 4. The fraction of sp³-hybridized carbons (Fsp3) is 0.472. The van der Waals surface area contributed by atoms with Crippen molar-refractivity contribution in [2.75, 3.05) is 11.9 Å². The zero-order chi connectivity index (χ0) is 35.4. The van der Waals surface area contributed by atoms with Gasteiger partial charge in [-0.1, -0.05) is 67.4 Å². The smallest absolute Gasteiger partial charge is 0.307 e. The largest absolute Gasteiger partial charge is 0.481 e. The maximum Gasteiger partial charge on any atom is 0.307 e. The number of aliphatic hydroxyl groups excluding tert-OH is 2. The number of carboxylic acid groups (broad SMARTS) is 1. The molecule has 3 fully saturated rings. The molecule has 12 heteroatoms. The zero-order valence-corrected chi connectivity index (χ0v) is 28.2. The maximum absolute atomic E-state index is 16.9. The van der Waals surface area contributed by atoms with Crippen LogP contribution in [0.1, 0.15) is 45.6 Å². The Balaban J connectivity index is 0.000000206. The standard InChI is InChI=1S/C22H28F2O5.C14H11Cl2NO2/c1-11-6-13-14-8-16(23)15-7-12(26)4-5-19(15,2)21(14,24)17(27)9-20(13,3)22(11,29)18(28)10-25;15-10-5-3-6-11(16)14(10)17-12-7-2-1-4-9(12)8-13(18)19/h4-5,7,11,13-14,16-17,25,27,29H,6,8-10H2,1-3H3;1-7,17H,8H2,(H,18,19)/t11-,13-,14-,16-,17-,19-,20-,21-,22-;/m0./s1. The van der Waals surface area contributed by atoms with Crippen molar-refractivity contribution in [3.63, 3.8) is 0 Å². The van der Waals surface area contributed by atoms with Gasteiger partial charge in [0.15, 0.2) is 17.2 Å². The molecule has 8 nitrogen and oxygen atoms in total. The number of carboxylic acids is 1. The summed E-state index contributed by atoms with van der Waals surface area (Å²) < 4.78 is 32.1. The Morgan fingerprint density at radius 2 is 1.69 bits per heavy atom. The molecule has 4 aliphatic rings. The topological polar surface area (TPSA) is 144 Å². The van der Waals surface area contributed by atoms with E-state index in [0.717, 1.165) is 6.08 Å². The number of rotatable bonds is 6. The third-order valence-corrected chi connectivity index (χ3v) is 12.0. The van der Waals surface area contributed by atoms with Crippen LogP contribution < -0.4 is 5.32 Å². The summed E-state index contributed by atoms with van der Waals surface area (Å²) >= 11 is 12.1. The number of carbonyl (C=O) groups excluding carboxylic acids is 2. The Bertz CT molecular complexity index is 1680. The normalized spacial score (nSPS) is 36.5. The summed E-state index contributed by atoms with van der Waals surface area (Å²) in [5.74, 6) is -4.13. The molecule has 2 aromatic rings. The van der Waals surface area contributed by atoms with E-state index < -0.39 is 76.3 Å². The van der Waals surface area contributed by atoms with Crippen LogP contribution in [0.2, 0.25) is 10.0 Å². The highest BCUT2D eigenvalue weighted by atomic mass is 35.5. The molecule has 258 valence electrons. The van der Waals surface area contributed by atoms with Gasteiger partial charge in [0.2, 0.25) is 0 Å². The molecule has 4 aliphatic carbocycles. The lowest BCUT2D eigenvalue weighted by Crippen LogP contribution is -2.70. The number of Topliss-reactive ketones (excluding diaryl/α,β-unsaturated/α-hetero) is 1. The fourth-order valence-electron chi connectivity index (χ4n) is 8.97. The van der Waals surface area contributed by atoms with Crippen LogP contribution in [-0.4, -0.2) is 68.1 Å². The van der Waals surface area contributed by atoms with E-state index in [1.807, 2.05) is 6.07 Å². The molecule has 0 bridgehead atoms. The van der Waals surface area contributed by atoms with Gasteiger partial charge in [-0.2, -0.15) is 0 Å². The Labute approximate surface area is 287 Å². The van der Waals surface area contributed by atoms with Crippen LogP contribution in [0.3, 0.4) is 0 Å². The molecular weight excluding hydrogens is 667 g/mol. The first-order chi connectivity index (χ1) is 22.4. The van der Waals surface area contributed by atoms with Crippen LogP contribution >= 0.6 is 23.2 Å². The molecule has 0 radical (unpaired) electrons. The molecule has 2 aromatic carbocycles. The molecule has 48 heavy (non-hydrogen) atoms. The van der Waals surface area contributed by atoms with E-state index in [4.69, 9.17) is 28.3 Å². The number of anilines is 2. The van der Waals surface area contributed by atoms with Gasteiger partial charge in [0, 0.05) is 22.4 Å². The van der Waals surface area contributed by atoms with Gasteiger partial charge in [0.25, 0.3) is 0 Å². The second-order valence-corrected chi connectivity index (χ2v) is 14.6. The first kappa shape index (κ1) is 36.1. The van der Waals surface area contributed by atoms with Gasteiger partial charge in [0.1, 0.15) is 18.4 Å². The minimum atomic E-state index is -2.24. The minimum absolute atomic E-state index is 0.0409. The highest BCUT2D eigenvalue weighted by Gasteiger charge is 2.76. The van der Waals surface area contributed by atoms with E-state index >= 15 is 8.78 Å². The molecule has 3 saturated carbocycles. The summed E-state index contributed by atoms with van der Waals surface area (Å²) in [5.41, 5.74) is -4.88. The summed E-state index contributed by atoms with van der Waals surface area (Å²) in [6.45, 7) is 3.96. The van der Waals surface area contributed by atoms with Gasteiger partial charge < -0.3 is 25.7 Å². The van der Waals surface area contributed by atoms with Crippen molar-refractivity contribution < 1.29 is 43.6 Å². The van der Waals surface area contributed by atoms with Crippen LogP contribution in [0.15, 0.2) is 66.3 Å². The third-order valence-electron chi connectivity index (χ3n) is 11.4. The number of para-hydroxylation sites is 2. The molecule has 0 spiro atoms. The number of hydrogen-bond donors (Lipinski definition) is 5.